The van der Waals surface area contributed by atoms with Crippen LogP contribution in [0.15, 0.2) is 30.5 Å². The Morgan fingerprint density at radius 2 is 2.20 bits per heavy atom. The summed E-state index contributed by atoms with van der Waals surface area (Å²) in [6.07, 6.45) is 1.97. The Hall–Kier alpha value is -2.19. The van der Waals surface area contributed by atoms with Crippen molar-refractivity contribution in [1.82, 2.24) is 4.57 Å². The molecule has 0 bridgehead atoms. The lowest BCUT2D eigenvalue weighted by atomic mass is 10.1. The predicted molar refractivity (Wildman–Crippen MR) is 60.1 cm³/mol. The van der Waals surface area contributed by atoms with E-state index < -0.39 is 0 Å². The van der Waals surface area contributed by atoms with Gasteiger partial charge in [-0.1, -0.05) is 12.0 Å². The predicted octanol–water partition coefficient (Wildman–Crippen LogP) is 2.54. The first-order chi connectivity index (χ1) is 7.36. The van der Waals surface area contributed by atoms with Gasteiger partial charge in [0.2, 0.25) is 0 Å². The Labute approximate surface area is 88.7 Å². The van der Waals surface area contributed by atoms with Crippen LogP contribution in [0.3, 0.4) is 0 Å². The van der Waals surface area contributed by atoms with E-state index >= 15 is 0 Å². The molecule has 0 spiro atoms. The van der Waals surface area contributed by atoms with Crippen LogP contribution in [0.25, 0.3) is 10.9 Å². The van der Waals surface area contributed by atoms with Gasteiger partial charge in [-0.15, -0.1) is 5.92 Å². The standard InChI is InChI=1S/C13H10N2/c1-2-3-8-15-9-7-12-11(10-14)5-4-6-13(12)15/h4-7,9H,8H2,1H3. The van der Waals surface area contributed by atoms with Crippen molar-refractivity contribution in [2.45, 2.75) is 13.5 Å². The van der Waals surface area contributed by atoms with Crippen molar-refractivity contribution in [3.05, 3.63) is 36.0 Å². The first-order valence-corrected chi connectivity index (χ1v) is 4.74. The molecule has 0 N–H and O–H groups in total. The molecular formula is C13H10N2. The number of nitriles is 1. The van der Waals surface area contributed by atoms with Crippen LogP contribution in [0, 0.1) is 23.2 Å². The lowest BCUT2D eigenvalue weighted by molar-refractivity contribution is 0.885. The monoisotopic (exact) mass is 194 g/mol. The van der Waals surface area contributed by atoms with Gasteiger partial charge in [-0.05, 0) is 25.1 Å². The third-order valence-electron chi connectivity index (χ3n) is 2.36. The van der Waals surface area contributed by atoms with Crippen LogP contribution in [0.5, 0.6) is 0 Å². The van der Waals surface area contributed by atoms with Crippen molar-refractivity contribution in [1.29, 1.82) is 5.26 Å². The molecule has 15 heavy (non-hydrogen) atoms. The maximum Gasteiger partial charge on any atom is 0.0998 e. The summed E-state index contributed by atoms with van der Waals surface area (Å²) in [5, 5.41) is 9.93. The second kappa shape index (κ2) is 3.90. The molecule has 0 fully saturated rings. The Balaban J connectivity index is 2.60. The molecule has 0 amide bonds. The van der Waals surface area contributed by atoms with Crippen LogP contribution in [0.4, 0.5) is 0 Å². The summed E-state index contributed by atoms with van der Waals surface area (Å²) >= 11 is 0. The molecule has 1 aromatic carbocycles. The van der Waals surface area contributed by atoms with E-state index in [1.165, 1.54) is 0 Å². The first kappa shape index (κ1) is 9.37. The number of benzene rings is 1. The van der Waals surface area contributed by atoms with E-state index in [0.717, 1.165) is 16.5 Å². The number of rotatable bonds is 1. The summed E-state index contributed by atoms with van der Waals surface area (Å²) in [6, 6.07) is 9.89. The average Bonchev–Trinajstić information content (AvgIpc) is 2.69. The van der Waals surface area contributed by atoms with Crippen LogP contribution in [0.2, 0.25) is 0 Å². The van der Waals surface area contributed by atoms with Crippen molar-refractivity contribution in [3.63, 3.8) is 0 Å². The molecule has 0 radical (unpaired) electrons. The Bertz CT molecular complexity index is 588. The topological polar surface area (TPSA) is 28.7 Å². The fraction of sp³-hybridized carbons (Fsp3) is 0.154. The molecule has 0 aliphatic heterocycles. The fourth-order valence-electron chi connectivity index (χ4n) is 1.62. The highest BCUT2D eigenvalue weighted by atomic mass is 14.9. The van der Waals surface area contributed by atoms with Crippen molar-refractivity contribution in [3.8, 4) is 17.9 Å². The maximum atomic E-state index is 8.93. The summed E-state index contributed by atoms with van der Waals surface area (Å²) in [6.45, 7) is 2.50. The third kappa shape index (κ3) is 1.58. The van der Waals surface area contributed by atoms with Crippen LogP contribution < -0.4 is 0 Å². The van der Waals surface area contributed by atoms with Gasteiger partial charge in [0.25, 0.3) is 0 Å². The highest BCUT2D eigenvalue weighted by Crippen LogP contribution is 2.19. The minimum absolute atomic E-state index is 0.675. The first-order valence-electron chi connectivity index (χ1n) is 4.74. The molecule has 2 nitrogen and oxygen atoms in total. The average molecular weight is 194 g/mol. The molecule has 2 rings (SSSR count). The van der Waals surface area contributed by atoms with E-state index in [2.05, 4.69) is 17.9 Å². The lowest BCUT2D eigenvalue weighted by Gasteiger charge is -1.99. The van der Waals surface area contributed by atoms with Gasteiger partial charge in [0.15, 0.2) is 0 Å². The van der Waals surface area contributed by atoms with E-state index in [-0.39, 0.29) is 0 Å². The fourth-order valence-corrected chi connectivity index (χ4v) is 1.62. The summed E-state index contributed by atoms with van der Waals surface area (Å²) in [7, 11) is 0. The highest BCUT2D eigenvalue weighted by Gasteiger charge is 2.03. The molecule has 0 atom stereocenters. The van der Waals surface area contributed by atoms with Crippen molar-refractivity contribution in [2.24, 2.45) is 0 Å². The second-order valence-electron chi connectivity index (χ2n) is 3.22. The quantitative estimate of drug-likeness (QED) is 0.641. The smallest absolute Gasteiger partial charge is 0.0998 e. The van der Waals surface area contributed by atoms with E-state index in [1.54, 1.807) is 0 Å². The minimum atomic E-state index is 0.675. The molecule has 0 aliphatic carbocycles. The molecular weight excluding hydrogens is 184 g/mol. The Morgan fingerprint density at radius 1 is 1.33 bits per heavy atom. The number of hydrogen-bond donors (Lipinski definition) is 0. The van der Waals surface area contributed by atoms with Gasteiger partial charge in [-0.2, -0.15) is 5.26 Å². The zero-order valence-electron chi connectivity index (χ0n) is 8.49. The number of nitrogens with zero attached hydrogens (tertiary/aromatic N) is 2. The molecule has 72 valence electrons. The SMILES string of the molecule is CC#CCn1ccc2c(C#N)cccc21. The summed E-state index contributed by atoms with van der Waals surface area (Å²) in [5.74, 6) is 5.87. The Morgan fingerprint density at radius 3 is 2.93 bits per heavy atom. The summed E-state index contributed by atoms with van der Waals surface area (Å²) in [4.78, 5) is 0. The Kier molecular flexibility index (Phi) is 2.44. The van der Waals surface area contributed by atoms with E-state index in [9.17, 15) is 0 Å². The van der Waals surface area contributed by atoms with E-state index in [0.29, 0.717) is 6.54 Å². The van der Waals surface area contributed by atoms with E-state index in [1.807, 2.05) is 42.0 Å². The molecule has 1 aromatic heterocycles. The molecule has 2 aromatic rings. The van der Waals surface area contributed by atoms with Gasteiger partial charge in [-0.25, -0.2) is 0 Å². The van der Waals surface area contributed by atoms with Crippen molar-refractivity contribution >= 4 is 10.9 Å². The number of fused-ring (bicyclic) bond motifs is 1. The second-order valence-corrected chi connectivity index (χ2v) is 3.22. The van der Waals surface area contributed by atoms with Crippen LogP contribution >= 0.6 is 0 Å². The summed E-state index contributed by atoms with van der Waals surface area (Å²) in [5.41, 5.74) is 1.78. The molecule has 1 heterocycles. The van der Waals surface area contributed by atoms with Gasteiger partial charge in [0.05, 0.1) is 23.7 Å². The van der Waals surface area contributed by atoms with Gasteiger partial charge in [0.1, 0.15) is 0 Å². The van der Waals surface area contributed by atoms with Crippen molar-refractivity contribution < 1.29 is 0 Å². The zero-order chi connectivity index (χ0) is 10.7. The molecule has 0 aliphatic rings. The molecule has 0 saturated carbocycles. The van der Waals surface area contributed by atoms with E-state index in [4.69, 9.17) is 5.26 Å². The number of hydrogen-bond acceptors (Lipinski definition) is 1. The van der Waals surface area contributed by atoms with Gasteiger partial charge >= 0.3 is 0 Å². The van der Waals surface area contributed by atoms with Crippen molar-refractivity contribution in [2.75, 3.05) is 0 Å². The van der Waals surface area contributed by atoms with Gasteiger partial charge in [0, 0.05) is 11.6 Å². The van der Waals surface area contributed by atoms with Gasteiger partial charge in [-0.3, -0.25) is 0 Å². The minimum Gasteiger partial charge on any atom is -0.336 e. The van der Waals surface area contributed by atoms with Crippen LogP contribution in [-0.2, 0) is 6.54 Å². The highest BCUT2D eigenvalue weighted by molar-refractivity contribution is 5.86. The van der Waals surface area contributed by atoms with Crippen LogP contribution in [0.1, 0.15) is 12.5 Å². The normalized spacial score (nSPS) is 9.33. The molecule has 0 saturated heterocycles. The maximum absolute atomic E-state index is 8.93. The summed E-state index contributed by atoms with van der Waals surface area (Å²) < 4.78 is 2.05. The largest absolute Gasteiger partial charge is 0.336 e. The van der Waals surface area contributed by atoms with Gasteiger partial charge < -0.3 is 4.57 Å². The third-order valence-corrected chi connectivity index (χ3v) is 2.36. The van der Waals surface area contributed by atoms with Crippen LogP contribution in [-0.4, -0.2) is 4.57 Å². The molecule has 0 unspecified atom stereocenters. The molecule has 2 heteroatoms. The zero-order valence-corrected chi connectivity index (χ0v) is 8.49. The lowest BCUT2D eigenvalue weighted by Crippen LogP contribution is -1.92. The number of aromatic nitrogens is 1.